The Labute approximate surface area is 348 Å². The Bertz CT molecular complexity index is 2140. The maximum atomic E-state index is 14.8. The van der Waals surface area contributed by atoms with Gasteiger partial charge in [-0.3, -0.25) is 19.7 Å². The van der Waals surface area contributed by atoms with E-state index in [1.807, 2.05) is 31.2 Å². The fraction of sp³-hybridized carbons (Fsp3) is 0.489. The zero-order valence-corrected chi connectivity index (χ0v) is 35.3. The van der Waals surface area contributed by atoms with Crippen molar-refractivity contribution in [2.75, 3.05) is 38.7 Å². The molecule has 13 heteroatoms. The number of aromatic nitrogens is 2. The number of hydrogen-bond acceptors (Lipinski definition) is 9. The van der Waals surface area contributed by atoms with Crippen LogP contribution in [0.15, 0.2) is 53.0 Å². The molecule has 4 heterocycles. The molecular formula is C45H54BrFN6O5. The van der Waals surface area contributed by atoms with Crippen LogP contribution in [-0.2, 0) is 16.1 Å². The zero-order valence-electron chi connectivity index (χ0n) is 33.8. The normalized spacial score (nSPS) is 18.1. The number of rotatable bonds is 17. The molecule has 58 heavy (non-hydrogen) atoms. The topological polar surface area (TPSA) is 126 Å². The summed E-state index contributed by atoms with van der Waals surface area (Å²) in [7, 11) is 1.66. The maximum absolute atomic E-state index is 14.8. The van der Waals surface area contributed by atoms with Crippen molar-refractivity contribution in [1.82, 2.24) is 25.1 Å². The molecular weight excluding hydrogens is 803 g/mol. The van der Waals surface area contributed by atoms with Gasteiger partial charge in [-0.15, -0.1) is 0 Å². The van der Waals surface area contributed by atoms with Crippen LogP contribution in [0.2, 0.25) is 0 Å². The second-order valence-corrected chi connectivity index (χ2v) is 16.8. The Morgan fingerprint density at radius 1 is 0.948 bits per heavy atom. The molecule has 0 saturated carbocycles. The number of benzene rings is 3. The molecule has 0 bridgehead atoms. The second-order valence-electron chi connectivity index (χ2n) is 15.9. The molecule has 2 atom stereocenters. The molecule has 3 aliphatic heterocycles. The van der Waals surface area contributed by atoms with E-state index >= 15 is 0 Å². The Morgan fingerprint density at radius 3 is 2.45 bits per heavy atom. The maximum Gasteiger partial charge on any atom is 0.255 e. The lowest BCUT2D eigenvalue weighted by Gasteiger charge is -2.33. The summed E-state index contributed by atoms with van der Waals surface area (Å²) in [6.07, 6.45) is 10.3. The quantitative estimate of drug-likeness (QED) is 0.0792. The minimum atomic E-state index is -0.702. The number of aryl methyl sites for hydroxylation is 1. The van der Waals surface area contributed by atoms with E-state index in [0.29, 0.717) is 35.9 Å². The smallest absolute Gasteiger partial charge is 0.255 e. The monoisotopic (exact) mass is 856 g/mol. The first-order chi connectivity index (χ1) is 28.1. The van der Waals surface area contributed by atoms with Crippen molar-refractivity contribution in [3.05, 3.63) is 86.9 Å². The summed E-state index contributed by atoms with van der Waals surface area (Å²) < 4.78 is 27.8. The van der Waals surface area contributed by atoms with Crippen molar-refractivity contribution in [1.29, 1.82) is 0 Å². The molecule has 0 radical (unpaired) electrons. The molecule has 4 aromatic rings. The molecule has 3 aromatic carbocycles. The minimum Gasteiger partial charge on any atom is -0.493 e. The van der Waals surface area contributed by atoms with E-state index < -0.39 is 17.8 Å². The summed E-state index contributed by atoms with van der Waals surface area (Å²) in [4.78, 5) is 50.9. The van der Waals surface area contributed by atoms with Crippen LogP contribution in [0.5, 0.6) is 11.5 Å². The van der Waals surface area contributed by atoms with Crippen LogP contribution in [-0.4, -0.2) is 76.9 Å². The zero-order chi connectivity index (χ0) is 40.8. The number of unbranched alkanes of at least 4 members (excludes halogenated alkanes) is 6. The fourth-order valence-corrected chi connectivity index (χ4v) is 9.10. The summed E-state index contributed by atoms with van der Waals surface area (Å²) in [6, 6.07) is 14.4. The standard InChI is InChI=1S/C45H54BrFN6O5/c1-28(31-12-11-13-32(46)22-31)48-43-36-25-40(57-3)41(26-38(36)49-29(2)50-43)58-21-10-8-6-4-5-7-9-18-52-19-16-30(17-20-52)34-23-33(47)24-35-37(34)27-53(45(35)56)39-14-15-42(54)51-44(39)55/h11-13,22-26,28,30,39H,4-10,14-21,27H2,1-3H3,(H,48,49,50)(H,51,54,55)/t28-,39?/m1/s1. The number of anilines is 1. The van der Waals surface area contributed by atoms with Gasteiger partial charge in [0.05, 0.1) is 25.3 Å². The number of nitrogens with one attached hydrogen (secondary N) is 2. The number of amides is 3. The van der Waals surface area contributed by atoms with E-state index in [4.69, 9.17) is 19.4 Å². The van der Waals surface area contributed by atoms with Gasteiger partial charge in [-0.2, -0.15) is 0 Å². The predicted octanol–water partition coefficient (Wildman–Crippen LogP) is 8.77. The highest BCUT2D eigenvalue weighted by molar-refractivity contribution is 9.10. The molecule has 11 nitrogen and oxygen atoms in total. The number of fused-ring (bicyclic) bond motifs is 2. The SMILES string of the molecule is COc1cc2c(N[C@H](C)c3cccc(Br)c3)nc(C)nc2cc1OCCCCCCCCCN1CCC(c2cc(F)cc3c2CN(C2CCC(=O)NC2=O)C3=O)CC1. The fourth-order valence-electron chi connectivity index (χ4n) is 8.69. The average molecular weight is 858 g/mol. The summed E-state index contributed by atoms with van der Waals surface area (Å²) in [6.45, 7) is 7.85. The highest BCUT2D eigenvalue weighted by atomic mass is 79.9. The van der Waals surface area contributed by atoms with Crippen LogP contribution in [0, 0.1) is 12.7 Å². The number of piperidine rings is 2. The van der Waals surface area contributed by atoms with E-state index in [1.54, 1.807) is 13.2 Å². The van der Waals surface area contributed by atoms with Crippen molar-refractivity contribution < 1.29 is 28.2 Å². The van der Waals surface area contributed by atoms with Crippen LogP contribution in [0.3, 0.4) is 0 Å². The molecule has 3 aliphatic rings. The number of nitrogens with zero attached hydrogens (tertiary/aromatic N) is 4. The number of methoxy groups -OCH3 is 1. The number of likely N-dealkylation sites (tertiary alicyclic amines) is 1. The summed E-state index contributed by atoms with van der Waals surface area (Å²) in [5, 5.41) is 6.79. The van der Waals surface area contributed by atoms with Crippen LogP contribution < -0.4 is 20.1 Å². The van der Waals surface area contributed by atoms with Gasteiger partial charge in [0.2, 0.25) is 11.8 Å². The van der Waals surface area contributed by atoms with Crippen molar-refractivity contribution >= 4 is 50.4 Å². The molecule has 0 spiro atoms. The van der Waals surface area contributed by atoms with Crippen LogP contribution in [0.25, 0.3) is 10.9 Å². The van der Waals surface area contributed by atoms with E-state index in [2.05, 4.69) is 50.5 Å². The Hall–Kier alpha value is -4.62. The van der Waals surface area contributed by atoms with Gasteiger partial charge >= 0.3 is 0 Å². The molecule has 3 amide bonds. The number of ether oxygens (including phenoxy) is 2. The molecule has 2 fully saturated rings. The van der Waals surface area contributed by atoms with Gasteiger partial charge in [0.25, 0.3) is 5.91 Å². The second kappa shape index (κ2) is 19.0. The summed E-state index contributed by atoms with van der Waals surface area (Å²) in [5.41, 5.74) is 4.05. The number of halogens is 2. The highest BCUT2D eigenvalue weighted by Crippen LogP contribution is 2.39. The third-order valence-corrected chi connectivity index (χ3v) is 12.3. The van der Waals surface area contributed by atoms with Gasteiger partial charge < -0.3 is 24.6 Å². The summed E-state index contributed by atoms with van der Waals surface area (Å²) >= 11 is 3.57. The number of carbonyl (C=O) groups is 3. The van der Waals surface area contributed by atoms with Gasteiger partial charge in [0, 0.05) is 34.5 Å². The van der Waals surface area contributed by atoms with E-state index in [-0.39, 0.29) is 36.7 Å². The first-order valence-electron chi connectivity index (χ1n) is 20.8. The lowest BCUT2D eigenvalue weighted by molar-refractivity contribution is -0.136. The van der Waals surface area contributed by atoms with Gasteiger partial charge in [-0.1, -0.05) is 60.2 Å². The Kier molecular flexibility index (Phi) is 13.6. The van der Waals surface area contributed by atoms with Crippen molar-refractivity contribution in [3.8, 4) is 11.5 Å². The van der Waals surface area contributed by atoms with Crippen molar-refractivity contribution in [2.24, 2.45) is 0 Å². The molecule has 7 rings (SSSR count). The predicted molar refractivity (Wildman–Crippen MR) is 226 cm³/mol. The average Bonchev–Trinajstić information content (AvgIpc) is 3.53. The lowest BCUT2D eigenvalue weighted by Crippen LogP contribution is -2.52. The third kappa shape index (κ3) is 9.80. The van der Waals surface area contributed by atoms with Gasteiger partial charge in [0.15, 0.2) is 11.5 Å². The van der Waals surface area contributed by atoms with Crippen molar-refractivity contribution in [2.45, 2.75) is 109 Å². The molecule has 1 unspecified atom stereocenters. The van der Waals surface area contributed by atoms with Gasteiger partial charge in [-0.05, 0) is 119 Å². The largest absolute Gasteiger partial charge is 0.493 e. The minimum absolute atomic E-state index is 0.0385. The first kappa shape index (κ1) is 41.5. The lowest BCUT2D eigenvalue weighted by atomic mass is 9.85. The van der Waals surface area contributed by atoms with Crippen molar-refractivity contribution in [3.63, 3.8) is 0 Å². The van der Waals surface area contributed by atoms with E-state index in [1.165, 1.54) is 36.6 Å². The van der Waals surface area contributed by atoms with Gasteiger partial charge in [0.1, 0.15) is 23.5 Å². The number of hydrogen-bond donors (Lipinski definition) is 2. The van der Waals surface area contributed by atoms with E-state index in [0.717, 1.165) is 89.6 Å². The molecule has 2 N–H and O–H groups in total. The first-order valence-corrected chi connectivity index (χ1v) is 21.6. The Balaban J connectivity index is 0.799. The van der Waals surface area contributed by atoms with Crippen LogP contribution >= 0.6 is 15.9 Å². The van der Waals surface area contributed by atoms with Gasteiger partial charge in [-0.25, -0.2) is 14.4 Å². The molecule has 1 aromatic heterocycles. The number of imide groups is 1. The van der Waals surface area contributed by atoms with Crippen LogP contribution in [0.1, 0.15) is 122 Å². The third-order valence-electron chi connectivity index (χ3n) is 11.9. The summed E-state index contributed by atoms with van der Waals surface area (Å²) in [5.74, 6) is 1.46. The molecule has 2 saturated heterocycles. The molecule has 0 aliphatic carbocycles. The number of carbonyl (C=O) groups excluding carboxylic acids is 3. The van der Waals surface area contributed by atoms with E-state index in [9.17, 15) is 18.8 Å². The highest BCUT2D eigenvalue weighted by Gasteiger charge is 2.41. The van der Waals surface area contributed by atoms with Crippen LogP contribution in [0.4, 0.5) is 10.2 Å². The Morgan fingerprint density at radius 2 is 1.71 bits per heavy atom. The molecule has 308 valence electrons.